The van der Waals surface area contributed by atoms with Crippen molar-refractivity contribution in [1.82, 2.24) is 4.90 Å². The van der Waals surface area contributed by atoms with E-state index in [4.69, 9.17) is 0 Å². The quantitative estimate of drug-likeness (QED) is 0.719. The van der Waals surface area contributed by atoms with E-state index < -0.39 is 0 Å². The van der Waals surface area contributed by atoms with E-state index in [1.165, 1.54) is 5.57 Å². The van der Waals surface area contributed by atoms with Crippen LogP contribution in [0.1, 0.15) is 48.0 Å². The minimum Gasteiger partial charge on any atom is -0.328 e. The molecule has 1 amide bonds. The van der Waals surface area contributed by atoms with Crippen LogP contribution in [0, 0.1) is 5.41 Å². The Morgan fingerprint density at radius 3 is 2.45 bits per heavy atom. The van der Waals surface area contributed by atoms with Gasteiger partial charge in [-0.2, -0.15) is 0 Å². The first-order valence-electron chi connectivity index (χ1n) is 7.14. The molecule has 0 spiro atoms. The number of hydrogen-bond donors (Lipinski definition) is 0. The van der Waals surface area contributed by atoms with Gasteiger partial charge < -0.3 is 4.90 Å². The molecule has 0 aromatic carbocycles. The van der Waals surface area contributed by atoms with Crippen molar-refractivity contribution in [3.8, 4) is 0 Å². The molecule has 2 aliphatic heterocycles. The summed E-state index contributed by atoms with van der Waals surface area (Å²) in [4.78, 5) is 18.7. The molecular formula is C17H24N2O. The summed E-state index contributed by atoms with van der Waals surface area (Å²) in [6.07, 6.45) is 4.80. The molecule has 3 heteroatoms. The maximum atomic E-state index is 12.5. The number of allylic oxidation sites excluding steroid dienone is 2. The predicted molar refractivity (Wildman–Crippen MR) is 82.7 cm³/mol. The zero-order valence-electron chi connectivity index (χ0n) is 13.4. The normalized spacial score (nSPS) is 19.4. The highest BCUT2D eigenvalue weighted by Crippen LogP contribution is 2.36. The molecule has 0 N–H and O–H groups in total. The number of amides is 1. The Kier molecular flexibility index (Phi) is 3.51. The van der Waals surface area contributed by atoms with Gasteiger partial charge in [0.2, 0.25) is 0 Å². The molecule has 0 saturated heterocycles. The molecule has 20 heavy (non-hydrogen) atoms. The summed E-state index contributed by atoms with van der Waals surface area (Å²) in [7, 11) is 0. The molecule has 0 saturated carbocycles. The van der Waals surface area contributed by atoms with E-state index in [2.05, 4.69) is 58.5 Å². The van der Waals surface area contributed by atoms with Crippen molar-refractivity contribution in [3.63, 3.8) is 0 Å². The van der Waals surface area contributed by atoms with Crippen molar-refractivity contribution in [2.24, 2.45) is 10.4 Å². The second-order valence-corrected chi connectivity index (χ2v) is 7.73. The zero-order chi connectivity index (χ0) is 15.1. The summed E-state index contributed by atoms with van der Waals surface area (Å²) >= 11 is 0. The molecule has 0 bridgehead atoms. The Morgan fingerprint density at radius 1 is 1.25 bits per heavy atom. The fourth-order valence-corrected chi connectivity index (χ4v) is 2.55. The number of carbonyl (C=O) groups excluding carboxylic acids is 1. The molecule has 3 nitrogen and oxygen atoms in total. The Hall–Kier alpha value is -1.60. The fourth-order valence-electron chi connectivity index (χ4n) is 2.55. The van der Waals surface area contributed by atoms with Gasteiger partial charge in [0.25, 0.3) is 5.91 Å². The van der Waals surface area contributed by atoms with Crippen molar-refractivity contribution >= 4 is 11.8 Å². The minimum absolute atomic E-state index is 0.0232. The average molecular weight is 272 g/mol. The molecule has 0 aliphatic carbocycles. The van der Waals surface area contributed by atoms with Crippen molar-refractivity contribution in [3.05, 3.63) is 29.0 Å². The highest BCUT2D eigenvalue weighted by atomic mass is 16.2. The van der Waals surface area contributed by atoms with E-state index in [0.717, 1.165) is 12.0 Å². The Bertz CT molecular complexity index is 559. The van der Waals surface area contributed by atoms with Crippen LogP contribution in [-0.4, -0.2) is 28.8 Å². The summed E-state index contributed by atoms with van der Waals surface area (Å²) in [5.74, 6) is 2.88. The Morgan fingerprint density at radius 2 is 1.90 bits per heavy atom. The molecule has 108 valence electrons. The Labute approximate surface area is 121 Å². The number of rotatable bonds is 1. The topological polar surface area (TPSA) is 32.7 Å². The maximum absolute atomic E-state index is 12.5. The van der Waals surface area contributed by atoms with Gasteiger partial charge in [-0.25, -0.2) is 4.99 Å². The lowest BCUT2D eigenvalue weighted by atomic mass is 9.84. The second kappa shape index (κ2) is 4.75. The van der Waals surface area contributed by atoms with Gasteiger partial charge in [-0.05, 0) is 50.1 Å². The van der Waals surface area contributed by atoms with Gasteiger partial charge in [-0.15, -0.1) is 0 Å². The highest BCUT2D eigenvalue weighted by molar-refractivity contribution is 5.99. The molecule has 2 rings (SSSR count). The monoisotopic (exact) mass is 272 g/mol. The van der Waals surface area contributed by atoms with Crippen LogP contribution in [0.5, 0.6) is 0 Å². The van der Waals surface area contributed by atoms with E-state index in [9.17, 15) is 4.79 Å². The first-order valence-corrected chi connectivity index (χ1v) is 7.14. The third-order valence-electron chi connectivity index (χ3n) is 3.50. The fraction of sp³-hybridized carbons (Fsp3) is 0.588. The lowest BCUT2D eigenvalue weighted by Gasteiger charge is -2.32. The van der Waals surface area contributed by atoms with Crippen LogP contribution in [-0.2, 0) is 4.79 Å². The summed E-state index contributed by atoms with van der Waals surface area (Å²) < 4.78 is 0. The maximum Gasteiger partial charge on any atom is 0.274 e. The van der Waals surface area contributed by atoms with Crippen LogP contribution in [0.25, 0.3) is 0 Å². The number of nitrogens with zero attached hydrogens (tertiary/aromatic N) is 2. The molecule has 2 heterocycles. The highest BCUT2D eigenvalue weighted by Gasteiger charge is 2.38. The SMILES string of the molecule is CC(C)(C)CC1=CC=C=NC2=C1CN(C(C)(C)C)C2=O. The van der Waals surface area contributed by atoms with E-state index in [-0.39, 0.29) is 16.9 Å². The smallest absolute Gasteiger partial charge is 0.274 e. The number of hydrogen-bond acceptors (Lipinski definition) is 2. The molecular weight excluding hydrogens is 248 g/mol. The van der Waals surface area contributed by atoms with Gasteiger partial charge in [0.05, 0.1) is 0 Å². The van der Waals surface area contributed by atoms with Crippen molar-refractivity contribution in [1.29, 1.82) is 0 Å². The van der Waals surface area contributed by atoms with Crippen LogP contribution in [0.2, 0.25) is 0 Å². The third kappa shape index (κ3) is 2.94. The standard InChI is InChI=1S/C17H24N2O/c1-16(2,3)10-12-8-7-9-18-14-13(12)11-19(15(14)20)17(4,5)6/h7-8H,10-11H2,1-6H3. The molecule has 0 unspecified atom stereocenters. The molecule has 2 aliphatic rings. The summed E-state index contributed by atoms with van der Waals surface area (Å²) in [6.45, 7) is 13.5. The lowest BCUT2D eigenvalue weighted by molar-refractivity contribution is -0.129. The first-order chi connectivity index (χ1) is 9.09. The largest absolute Gasteiger partial charge is 0.328 e. The van der Waals surface area contributed by atoms with Crippen LogP contribution >= 0.6 is 0 Å². The van der Waals surface area contributed by atoms with E-state index in [1.807, 2.05) is 11.0 Å². The molecule has 0 fully saturated rings. The van der Waals surface area contributed by atoms with Gasteiger partial charge in [0, 0.05) is 23.7 Å². The van der Waals surface area contributed by atoms with Gasteiger partial charge in [-0.3, -0.25) is 4.79 Å². The van der Waals surface area contributed by atoms with E-state index in [1.54, 1.807) is 0 Å². The van der Waals surface area contributed by atoms with Crippen LogP contribution < -0.4 is 0 Å². The molecule has 0 aromatic rings. The average Bonchev–Trinajstić information content (AvgIpc) is 2.47. The molecule has 0 radical (unpaired) electrons. The second-order valence-electron chi connectivity index (χ2n) is 7.73. The van der Waals surface area contributed by atoms with Crippen molar-refractivity contribution in [2.45, 2.75) is 53.5 Å². The molecule has 0 atom stereocenters. The summed E-state index contributed by atoms with van der Waals surface area (Å²) in [6, 6.07) is 0. The summed E-state index contributed by atoms with van der Waals surface area (Å²) in [5, 5.41) is 0. The molecule has 0 aromatic heterocycles. The van der Waals surface area contributed by atoms with Crippen molar-refractivity contribution in [2.75, 3.05) is 6.54 Å². The first kappa shape index (κ1) is 14.8. The summed E-state index contributed by atoms with van der Waals surface area (Å²) in [5.41, 5.74) is 2.85. The minimum atomic E-state index is -0.185. The van der Waals surface area contributed by atoms with Crippen LogP contribution in [0.15, 0.2) is 34.0 Å². The van der Waals surface area contributed by atoms with E-state index in [0.29, 0.717) is 12.2 Å². The number of carbonyl (C=O) groups is 1. The predicted octanol–water partition coefficient (Wildman–Crippen LogP) is 3.48. The van der Waals surface area contributed by atoms with Crippen LogP contribution in [0.4, 0.5) is 0 Å². The third-order valence-corrected chi connectivity index (χ3v) is 3.50. The van der Waals surface area contributed by atoms with E-state index >= 15 is 0 Å². The van der Waals surface area contributed by atoms with Crippen LogP contribution in [0.3, 0.4) is 0 Å². The zero-order valence-corrected chi connectivity index (χ0v) is 13.4. The van der Waals surface area contributed by atoms with Gasteiger partial charge in [0.15, 0.2) is 0 Å². The van der Waals surface area contributed by atoms with Gasteiger partial charge >= 0.3 is 0 Å². The lowest BCUT2D eigenvalue weighted by Crippen LogP contribution is -2.43. The van der Waals surface area contributed by atoms with Gasteiger partial charge in [-0.1, -0.05) is 20.8 Å². The van der Waals surface area contributed by atoms with Gasteiger partial charge in [0.1, 0.15) is 5.70 Å². The number of aliphatic imine (C=N–C) groups is 1. The Balaban J connectivity index is 2.39. The van der Waals surface area contributed by atoms with Crippen molar-refractivity contribution < 1.29 is 4.79 Å².